The molecule has 5 nitrogen and oxygen atoms in total. The highest BCUT2D eigenvalue weighted by Gasteiger charge is 2.17. The number of morpholine rings is 1. The summed E-state index contributed by atoms with van der Waals surface area (Å²) in [4.78, 5) is 12.1. The largest absolute Gasteiger partial charge is 0.491 e. The van der Waals surface area contributed by atoms with E-state index in [9.17, 15) is 4.79 Å². The lowest BCUT2D eigenvalue weighted by Gasteiger charge is -2.23. The highest BCUT2D eigenvalue weighted by Crippen LogP contribution is 2.24. The molecule has 22 heavy (non-hydrogen) atoms. The van der Waals surface area contributed by atoms with Crippen molar-refractivity contribution < 1.29 is 14.3 Å². The number of nitrogens with one attached hydrogen (secondary N) is 2. The van der Waals surface area contributed by atoms with Crippen LogP contribution < -0.4 is 15.4 Å². The maximum atomic E-state index is 12.1. The molecule has 1 heterocycles. The summed E-state index contributed by atoms with van der Waals surface area (Å²) in [6, 6.07) is 7.61. The van der Waals surface area contributed by atoms with Gasteiger partial charge in [-0.1, -0.05) is 26.0 Å². The van der Waals surface area contributed by atoms with Gasteiger partial charge in [0, 0.05) is 19.0 Å². The molecule has 0 saturated carbocycles. The van der Waals surface area contributed by atoms with Crippen molar-refractivity contribution in [2.45, 2.75) is 26.3 Å². The van der Waals surface area contributed by atoms with E-state index in [-0.39, 0.29) is 24.4 Å². The van der Waals surface area contributed by atoms with Crippen LogP contribution in [0.3, 0.4) is 0 Å². The van der Waals surface area contributed by atoms with Crippen molar-refractivity contribution in [3.05, 3.63) is 24.3 Å². The van der Waals surface area contributed by atoms with Gasteiger partial charge in [-0.05, 0) is 18.1 Å². The molecule has 1 aliphatic heterocycles. The fraction of sp³-hybridized carbons (Fsp3) is 0.562. The van der Waals surface area contributed by atoms with Crippen LogP contribution >= 0.6 is 12.4 Å². The van der Waals surface area contributed by atoms with Crippen molar-refractivity contribution in [2.24, 2.45) is 5.92 Å². The number of carbonyl (C=O) groups excluding carboxylic acids is 1. The van der Waals surface area contributed by atoms with E-state index in [0.717, 1.165) is 12.2 Å². The second-order valence-electron chi connectivity index (χ2n) is 5.68. The number of anilines is 1. The van der Waals surface area contributed by atoms with Crippen LogP contribution in [-0.4, -0.2) is 38.3 Å². The lowest BCUT2D eigenvalue weighted by molar-refractivity contribution is -0.117. The number of halogens is 1. The van der Waals surface area contributed by atoms with Gasteiger partial charge in [0.25, 0.3) is 0 Å². The number of amides is 1. The van der Waals surface area contributed by atoms with Crippen LogP contribution in [0.5, 0.6) is 5.75 Å². The van der Waals surface area contributed by atoms with Gasteiger partial charge in [-0.15, -0.1) is 12.4 Å². The second kappa shape index (κ2) is 9.66. The van der Waals surface area contributed by atoms with Crippen molar-refractivity contribution in [1.82, 2.24) is 5.32 Å². The zero-order valence-electron chi connectivity index (χ0n) is 13.1. The summed E-state index contributed by atoms with van der Waals surface area (Å²) in [5, 5.41) is 6.20. The molecule has 2 N–H and O–H groups in total. The van der Waals surface area contributed by atoms with Gasteiger partial charge in [0.05, 0.1) is 25.5 Å². The average Bonchev–Trinajstić information content (AvgIpc) is 2.47. The molecule has 0 aromatic heterocycles. The fourth-order valence-electron chi connectivity index (χ4n) is 2.13. The van der Waals surface area contributed by atoms with Crippen molar-refractivity contribution in [3.63, 3.8) is 0 Å². The average molecular weight is 329 g/mol. The molecule has 6 heteroatoms. The third-order valence-electron chi connectivity index (χ3n) is 3.16. The van der Waals surface area contributed by atoms with Crippen LogP contribution in [0, 0.1) is 5.92 Å². The first-order valence-corrected chi connectivity index (χ1v) is 7.48. The Bertz CT molecular complexity index is 462. The van der Waals surface area contributed by atoms with Gasteiger partial charge in [0.15, 0.2) is 0 Å². The molecule has 1 aliphatic rings. The summed E-state index contributed by atoms with van der Waals surface area (Å²) >= 11 is 0. The Morgan fingerprint density at radius 1 is 1.45 bits per heavy atom. The molecule has 2 rings (SSSR count). The predicted molar refractivity (Wildman–Crippen MR) is 89.9 cm³/mol. The first-order chi connectivity index (χ1) is 10.1. The molecule has 1 saturated heterocycles. The maximum absolute atomic E-state index is 12.1. The predicted octanol–water partition coefficient (Wildman–Crippen LogP) is 2.46. The van der Waals surface area contributed by atoms with Crippen LogP contribution in [-0.2, 0) is 9.53 Å². The lowest BCUT2D eigenvalue weighted by Crippen LogP contribution is -2.43. The van der Waals surface area contributed by atoms with E-state index in [1.807, 2.05) is 24.3 Å². The fourth-order valence-corrected chi connectivity index (χ4v) is 2.13. The Balaban J connectivity index is 0.00000242. The standard InChI is InChI=1S/C16H24N2O3.ClH/c1-12(2)10-21-15-6-4-3-5-14(15)18-16(19)9-13-11-20-8-7-17-13;/h3-6,12-13,17H,7-11H2,1-2H3,(H,18,19);1H. The molecule has 0 bridgehead atoms. The van der Waals surface area contributed by atoms with E-state index in [1.54, 1.807) is 0 Å². The van der Waals surface area contributed by atoms with E-state index >= 15 is 0 Å². The number of hydrogen-bond donors (Lipinski definition) is 2. The summed E-state index contributed by atoms with van der Waals surface area (Å²) < 4.78 is 11.1. The smallest absolute Gasteiger partial charge is 0.226 e. The molecule has 1 aromatic rings. The lowest BCUT2D eigenvalue weighted by atomic mass is 10.2. The van der Waals surface area contributed by atoms with Crippen LogP contribution in [0.1, 0.15) is 20.3 Å². The maximum Gasteiger partial charge on any atom is 0.226 e. The monoisotopic (exact) mass is 328 g/mol. The summed E-state index contributed by atoms with van der Waals surface area (Å²) in [7, 11) is 0. The third-order valence-corrected chi connectivity index (χ3v) is 3.16. The Morgan fingerprint density at radius 2 is 2.23 bits per heavy atom. The van der Waals surface area contributed by atoms with Crippen LogP contribution in [0.4, 0.5) is 5.69 Å². The number of para-hydroxylation sites is 2. The Morgan fingerprint density at radius 3 is 2.91 bits per heavy atom. The summed E-state index contributed by atoms with van der Waals surface area (Å²) in [6.45, 7) is 6.91. The van der Waals surface area contributed by atoms with Crippen molar-refractivity contribution in [2.75, 3.05) is 31.7 Å². The minimum Gasteiger partial charge on any atom is -0.491 e. The molecule has 1 fully saturated rings. The first kappa shape index (κ1) is 18.7. The highest BCUT2D eigenvalue weighted by molar-refractivity contribution is 5.92. The van der Waals surface area contributed by atoms with E-state index < -0.39 is 0 Å². The molecular weight excluding hydrogens is 304 g/mol. The Kier molecular flexibility index (Phi) is 8.24. The zero-order chi connectivity index (χ0) is 15.1. The van der Waals surface area contributed by atoms with Crippen LogP contribution in [0.2, 0.25) is 0 Å². The topological polar surface area (TPSA) is 59.6 Å². The number of ether oxygens (including phenoxy) is 2. The van der Waals surface area contributed by atoms with Gasteiger partial charge in [-0.3, -0.25) is 4.79 Å². The van der Waals surface area contributed by atoms with Crippen molar-refractivity contribution in [1.29, 1.82) is 0 Å². The molecule has 124 valence electrons. The zero-order valence-corrected chi connectivity index (χ0v) is 13.9. The van der Waals surface area contributed by atoms with Crippen LogP contribution in [0.25, 0.3) is 0 Å². The Hall–Kier alpha value is -1.30. The van der Waals surface area contributed by atoms with E-state index in [0.29, 0.717) is 37.9 Å². The molecule has 1 unspecified atom stereocenters. The van der Waals surface area contributed by atoms with Crippen molar-refractivity contribution >= 4 is 24.0 Å². The van der Waals surface area contributed by atoms with Crippen molar-refractivity contribution in [3.8, 4) is 5.75 Å². The summed E-state index contributed by atoms with van der Waals surface area (Å²) in [5.74, 6) is 1.13. The van der Waals surface area contributed by atoms with Gasteiger partial charge < -0.3 is 20.1 Å². The molecule has 1 amide bonds. The SMILES string of the molecule is CC(C)COc1ccccc1NC(=O)CC1COCCN1.Cl. The van der Waals surface area contributed by atoms with Crippen LogP contribution in [0.15, 0.2) is 24.3 Å². The quantitative estimate of drug-likeness (QED) is 0.842. The minimum absolute atomic E-state index is 0. The second-order valence-corrected chi connectivity index (χ2v) is 5.68. The molecular formula is C16H25ClN2O3. The van der Waals surface area contributed by atoms with Gasteiger partial charge in [0.1, 0.15) is 5.75 Å². The molecule has 0 radical (unpaired) electrons. The number of benzene rings is 1. The summed E-state index contributed by atoms with van der Waals surface area (Å²) in [6.07, 6.45) is 0.401. The Labute approximate surface area is 138 Å². The van der Waals surface area contributed by atoms with Gasteiger partial charge in [-0.2, -0.15) is 0 Å². The molecule has 1 atom stereocenters. The van der Waals surface area contributed by atoms with E-state index in [1.165, 1.54) is 0 Å². The van der Waals surface area contributed by atoms with Gasteiger partial charge in [0.2, 0.25) is 5.91 Å². The van der Waals surface area contributed by atoms with E-state index in [2.05, 4.69) is 24.5 Å². The van der Waals surface area contributed by atoms with E-state index in [4.69, 9.17) is 9.47 Å². The normalized spacial score (nSPS) is 17.7. The molecule has 1 aromatic carbocycles. The number of hydrogen-bond acceptors (Lipinski definition) is 4. The summed E-state index contributed by atoms with van der Waals surface area (Å²) in [5.41, 5.74) is 0.722. The third kappa shape index (κ3) is 6.22. The molecule has 0 aliphatic carbocycles. The highest BCUT2D eigenvalue weighted by atomic mass is 35.5. The number of carbonyl (C=O) groups is 1. The number of rotatable bonds is 6. The minimum atomic E-state index is -0.0291. The first-order valence-electron chi connectivity index (χ1n) is 7.48. The molecule has 0 spiro atoms. The van der Waals surface area contributed by atoms with Gasteiger partial charge in [-0.25, -0.2) is 0 Å². The van der Waals surface area contributed by atoms with Gasteiger partial charge >= 0.3 is 0 Å².